The van der Waals surface area contributed by atoms with Crippen LogP contribution in [-0.4, -0.2) is 68.9 Å². The summed E-state index contributed by atoms with van der Waals surface area (Å²) < 4.78 is 0. The Morgan fingerprint density at radius 2 is 0.750 bits per heavy atom. The van der Waals surface area contributed by atoms with Gasteiger partial charge >= 0.3 is 11.9 Å². The van der Waals surface area contributed by atoms with E-state index in [1.54, 1.807) is 9.80 Å². The third-order valence-electron chi connectivity index (χ3n) is 9.20. The quantitative estimate of drug-likeness (QED) is 0.104. The largest absolute Gasteiger partial charge is 0.480 e. The zero-order valence-electron chi connectivity index (χ0n) is 28.4. The number of aliphatic carboxylic acids is 2. The second-order valence-corrected chi connectivity index (χ2v) is 13.0. The molecule has 8 nitrogen and oxygen atoms in total. The third kappa shape index (κ3) is 18.0. The second-order valence-electron chi connectivity index (χ2n) is 13.0. The van der Waals surface area contributed by atoms with Gasteiger partial charge in [0.25, 0.3) is 0 Å². The summed E-state index contributed by atoms with van der Waals surface area (Å²) >= 11 is 0. The number of carbonyl (C=O) groups excluding carboxylic acids is 2. The fourth-order valence-electron chi connectivity index (χ4n) is 6.46. The first kappa shape index (κ1) is 39.9. The number of likely N-dealkylation sites (tertiary alicyclic amines) is 2. The van der Waals surface area contributed by atoms with Crippen molar-refractivity contribution in [1.82, 2.24) is 9.80 Å². The van der Waals surface area contributed by atoms with E-state index in [4.69, 9.17) is 10.2 Å². The average molecular weight is 623 g/mol. The molecule has 0 aliphatic carbocycles. The van der Waals surface area contributed by atoms with E-state index >= 15 is 0 Å². The molecule has 0 bridgehead atoms. The molecule has 2 heterocycles. The molecule has 2 N–H and O–H groups in total. The van der Waals surface area contributed by atoms with Gasteiger partial charge in [0.2, 0.25) is 11.8 Å². The van der Waals surface area contributed by atoms with Crippen LogP contribution in [-0.2, 0) is 19.2 Å². The molecule has 0 saturated carbocycles. The van der Waals surface area contributed by atoms with Gasteiger partial charge in [-0.05, 0) is 38.5 Å². The lowest BCUT2D eigenvalue weighted by atomic mass is 10.1. The van der Waals surface area contributed by atoms with Gasteiger partial charge in [-0.3, -0.25) is 9.59 Å². The number of rotatable bonds is 24. The fraction of sp³-hybridized carbons (Fsp3) is 0.889. The fourth-order valence-corrected chi connectivity index (χ4v) is 6.46. The number of carboxylic acids is 2. The molecule has 0 aromatic heterocycles. The van der Waals surface area contributed by atoms with Crippen LogP contribution in [0.1, 0.15) is 181 Å². The number of nitrogens with zero attached hydrogens (tertiary/aromatic N) is 2. The van der Waals surface area contributed by atoms with Crippen molar-refractivity contribution in [2.45, 2.75) is 193 Å². The first-order valence-corrected chi connectivity index (χ1v) is 18.4. The molecule has 2 aliphatic heterocycles. The minimum absolute atomic E-state index is 0.0304. The molecule has 0 aromatic carbocycles. The number of hydrogen-bond donors (Lipinski definition) is 2. The van der Waals surface area contributed by atoms with Gasteiger partial charge in [0.05, 0.1) is 0 Å². The Hall–Kier alpha value is -2.12. The predicted molar refractivity (Wildman–Crippen MR) is 178 cm³/mol. The van der Waals surface area contributed by atoms with Gasteiger partial charge in [-0.1, -0.05) is 129 Å². The third-order valence-corrected chi connectivity index (χ3v) is 9.20. The Labute approximate surface area is 268 Å². The van der Waals surface area contributed by atoms with Crippen LogP contribution in [0.4, 0.5) is 0 Å². The van der Waals surface area contributed by atoms with Crippen molar-refractivity contribution in [3.05, 3.63) is 0 Å². The van der Waals surface area contributed by atoms with Gasteiger partial charge in [-0.15, -0.1) is 0 Å². The molecule has 2 rings (SSSR count). The molecule has 2 fully saturated rings. The van der Waals surface area contributed by atoms with Gasteiger partial charge in [0.1, 0.15) is 12.1 Å². The molecule has 1 unspecified atom stereocenters. The van der Waals surface area contributed by atoms with Crippen molar-refractivity contribution < 1.29 is 29.4 Å². The molecular weight excluding hydrogens is 556 g/mol. The van der Waals surface area contributed by atoms with E-state index in [2.05, 4.69) is 13.8 Å². The molecule has 2 atom stereocenters. The summed E-state index contributed by atoms with van der Waals surface area (Å²) in [4.78, 5) is 49.4. The maximum absolute atomic E-state index is 12.1. The van der Waals surface area contributed by atoms with Crippen molar-refractivity contribution in [3.8, 4) is 0 Å². The number of amides is 2. The van der Waals surface area contributed by atoms with Crippen LogP contribution in [0, 0.1) is 0 Å². The zero-order chi connectivity index (χ0) is 32.4. The zero-order valence-corrected chi connectivity index (χ0v) is 28.4. The van der Waals surface area contributed by atoms with Crippen molar-refractivity contribution in [2.24, 2.45) is 0 Å². The highest BCUT2D eigenvalue weighted by atomic mass is 16.4. The Kier molecular flexibility index (Phi) is 23.7. The monoisotopic (exact) mass is 622 g/mol. The summed E-state index contributed by atoms with van der Waals surface area (Å²) in [6.07, 6.45) is 28.9. The first-order chi connectivity index (χ1) is 21.3. The summed E-state index contributed by atoms with van der Waals surface area (Å²) in [5.41, 5.74) is 0. The lowest BCUT2D eigenvalue weighted by Gasteiger charge is -2.21. The van der Waals surface area contributed by atoms with Crippen LogP contribution < -0.4 is 0 Å². The number of hydrogen-bond acceptors (Lipinski definition) is 4. The standard InChI is InChI=1S/C19H35NO3.C17H31NO3/c1-2-3-4-5-6-7-8-9-10-11-12-15-18(21)20-16-13-14-17(20)19(22)23;1-2-3-4-5-6-7-8-9-10-13-16(19)18-14-11-12-15(18)17(20)21/h17H,2-16H2,1H3,(H,22,23);15H,2-14H2,1H3,(H,20,21)/t;15-/m.0/s1. The molecule has 2 amide bonds. The van der Waals surface area contributed by atoms with E-state index in [9.17, 15) is 19.2 Å². The van der Waals surface area contributed by atoms with Gasteiger partial charge in [-0.2, -0.15) is 0 Å². The average Bonchev–Trinajstić information content (AvgIpc) is 3.70. The molecule has 2 saturated heterocycles. The van der Waals surface area contributed by atoms with E-state index in [0.717, 1.165) is 38.5 Å². The van der Waals surface area contributed by atoms with E-state index in [0.29, 0.717) is 38.8 Å². The Balaban J connectivity index is 0.000000442. The van der Waals surface area contributed by atoms with Crippen molar-refractivity contribution in [3.63, 3.8) is 0 Å². The molecule has 0 radical (unpaired) electrons. The summed E-state index contributed by atoms with van der Waals surface area (Å²) in [5.74, 6) is -1.64. The second kappa shape index (κ2) is 26.1. The predicted octanol–water partition coefficient (Wildman–Crippen LogP) is 8.75. The maximum atomic E-state index is 12.1. The summed E-state index contributed by atoms with van der Waals surface area (Å²) in [6, 6.07) is -1.15. The van der Waals surface area contributed by atoms with Crippen LogP contribution in [0.3, 0.4) is 0 Å². The van der Waals surface area contributed by atoms with Crippen molar-refractivity contribution >= 4 is 23.8 Å². The van der Waals surface area contributed by atoms with Crippen molar-refractivity contribution in [2.75, 3.05) is 13.1 Å². The van der Waals surface area contributed by atoms with E-state index in [1.165, 1.54) is 103 Å². The highest BCUT2D eigenvalue weighted by molar-refractivity contribution is 5.84. The Morgan fingerprint density at radius 3 is 1.02 bits per heavy atom. The highest BCUT2D eigenvalue weighted by Gasteiger charge is 2.34. The van der Waals surface area contributed by atoms with Crippen molar-refractivity contribution in [1.29, 1.82) is 0 Å². The molecule has 0 spiro atoms. The molecule has 256 valence electrons. The van der Waals surface area contributed by atoms with Gasteiger partial charge in [0, 0.05) is 25.9 Å². The molecule has 44 heavy (non-hydrogen) atoms. The normalized spacial score (nSPS) is 17.9. The number of carbonyl (C=O) groups is 4. The van der Waals surface area contributed by atoms with E-state index in [1.807, 2.05) is 0 Å². The van der Waals surface area contributed by atoms with Gasteiger partial charge in [0.15, 0.2) is 0 Å². The van der Waals surface area contributed by atoms with Crippen LogP contribution in [0.5, 0.6) is 0 Å². The Morgan fingerprint density at radius 1 is 0.477 bits per heavy atom. The van der Waals surface area contributed by atoms with Crippen LogP contribution >= 0.6 is 0 Å². The highest BCUT2D eigenvalue weighted by Crippen LogP contribution is 2.21. The molecule has 2 aliphatic rings. The minimum atomic E-state index is -0.854. The Bertz CT molecular complexity index is 789. The van der Waals surface area contributed by atoms with Crippen LogP contribution in [0.15, 0.2) is 0 Å². The number of unbranched alkanes of at least 4 members (excludes halogenated alkanes) is 18. The lowest BCUT2D eigenvalue weighted by Crippen LogP contribution is -2.40. The summed E-state index contributed by atoms with van der Waals surface area (Å²) in [5, 5.41) is 18.2. The number of carboxylic acid groups (broad SMARTS) is 2. The van der Waals surface area contributed by atoms with E-state index < -0.39 is 24.0 Å². The molecule has 0 aromatic rings. The summed E-state index contributed by atoms with van der Waals surface area (Å²) in [6.45, 7) is 5.71. The van der Waals surface area contributed by atoms with Crippen LogP contribution in [0.2, 0.25) is 0 Å². The lowest BCUT2D eigenvalue weighted by molar-refractivity contribution is -0.148. The molecule has 8 heteroatoms. The van der Waals surface area contributed by atoms with E-state index in [-0.39, 0.29) is 11.8 Å². The minimum Gasteiger partial charge on any atom is -0.480 e. The smallest absolute Gasteiger partial charge is 0.326 e. The van der Waals surface area contributed by atoms with Crippen LogP contribution in [0.25, 0.3) is 0 Å². The first-order valence-electron chi connectivity index (χ1n) is 18.4. The molecular formula is C36H66N2O6. The van der Waals surface area contributed by atoms with Gasteiger partial charge in [-0.25, -0.2) is 9.59 Å². The van der Waals surface area contributed by atoms with Gasteiger partial charge < -0.3 is 20.0 Å². The SMILES string of the molecule is CCCCCCCCCCCC(=O)N1CCC[C@H]1C(=O)O.CCCCCCCCCCCCCC(=O)N1CCCC1C(=O)O. The summed E-state index contributed by atoms with van der Waals surface area (Å²) in [7, 11) is 0. The topological polar surface area (TPSA) is 115 Å². The maximum Gasteiger partial charge on any atom is 0.326 e.